The number of fused-ring (bicyclic) bond motifs is 1. The van der Waals surface area contributed by atoms with Crippen molar-refractivity contribution in [2.24, 2.45) is 5.92 Å². The first kappa shape index (κ1) is 19.2. The van der Waals surface area contributed by atoms with Crippen molar-refractivity contribution < 1.29 is 9.59 Å². The lowest BCUT2D eigenvalue weighted by atomic mass is 10.00. The molecule has 2 N–H and O–H groups in total. The van der Waals surface area contributed by atoms with Gasteiger partial charge >= 0.3 is 0 Å². The Hall–Kier alpha value is -3.15. The van der Waals surface area contributed by atoms with Gasteiger partial charge in [-0.15, -0.1) is 0 Å². The van der Waals surface area contributed by atoms with Gasteiger partial charge in [0.05, 0.1) is 0 Å². The average molecular weight is 390 g/mol. The fraction of sp³-hybridized carbons (Fsp3) is 0.348. The molecule has 1 atom stereocenters. The van der Waals surface area contributed by atoms with Crippen LogP contribution in [0, 0.1) is 5.92 Å². The van der Waals surface area contributed by atoms with Crippen molar-refractivity contribution in [1.29, 1.82) is 0 Å². The van der Waals surface area contributed by atoms with Crippen molar-refractivity contribution in [3.05, 3.63) is 65.6 Å². The van der Waals surface area contributed by atoms with Crippen molar-refractivity contribution >= 4 is 22.7 Å². The highest BCUT2D eigenvalue weighted by Crippen LogP contribution is 2.18. The molecule has 6 nitrogen and oxygen atoms in total. The monoisotopic (exact) mass is 390 g/mol. The lowest BCUT2D eigenvalue weighted by molar-refractivity contribution is 0.0677. The summed E-state index contributed by atoms with van der Waals surface area (Å²) in [6.07, 6.45) is 4.87. The number of aromatic nitrogens is 2. The molecule has 0 saturated carbocycles. The molecule has 1 aliphatic rings. The summed E-state index contributed by atoms with van der Waals surface area (Å²) in [6, 6.07) is 13.2. The number of rotatable bonds is 5. The summed E-state index contributed by atoms with van der Waals surface area (Å²) < 4.78 is 0. The molecule has 1 unspecified atom stereocenters. The van der Waals surface area contributed by atoms with Gasteiger partial charge in [0.1, 0.15) is 11.4 Å². The van der Waals surface area contributed by atoms with E-state index in [0.717, 1.165) is 43.4 Å². The van der Waals surface area contributed by atoms with Gasteiger partial charge in [-0.25, -0.2) is 4.98 Å². The van der Waals surface area contributed by atoms with Crippen LogP contribution in [0.3, 0.4) is 0 Å². The summed E-state index contributed by atoms with van der Waals surface area (Å²) in [6.45, 7) is 4.17. The van der Waals surface area contributed by atoms with Gasteiger partial charge in [-0.3, -0.25) is 9.59 Å². The Labute approximate surface area is 170 Å². The number of carbonyl (C=O) groups excluding carboxylic acids is 2. The predicted octanol–water partition coefficient (Wildman–Crippen LogP) is 3.41. The Morgan fingerprint density at radius 3 is 2.86 bits per heavy atom. The van der Waals surface area contributed by atoms with Crippen molar-refractivity contribution in [2.75, 3.05) is 19.6 Å². The van der Waals surface area contributed by atoms with Gasteiger partial charge in [0.15, 0.2) is 0 Å². The zero-order chi connectivity index (χ0) is 20.2. The Kier molecular flexibility index (Phi) is 5.60. The second kappa shape index (κ2) is 8.47. The molecule has 1 saturated heterocycles. The van der Waals surface area contributed by atoms with Gasteiger partial charge in [0.2, 0.25) is 0 Å². The maximum Gasteiger partial charge on any atom is 0.272 e. The normalized spacial score (nSPS) is 16.7. The van der Waals surface area contributed by atoms with Crippen molar-refractivity contribution in [3.63, 3.8) is 0 Å². The van der Waals surface area contributed by atoms with Crippen LogP contribution in [-0.4, -0.2) is 46.3 Å². The Morgan fingerprint density at radius 2 is 2.00 bits per heavy atom. The minimum atomic E-state index is -0.258. The standard InChI is InChI=1S/C23H26N4O2/c1-16-6-5-13-27(15-16)23(29)21-10-4-9-20(26-21)22(28)24-12-11-17-14-25-19-8-3-2-7-18(17)19/h2-4,7-10,14,16,25H,5-6,11-13,15H2,1H3,(H,24,28). The first-order valence-corrected chi connectivity index (χ1v) is 10.2. The van der Waals surface area contributed by atoms with E-state index in [-0.39, 0.29) is 17.5 Å². The first-order chi connectivity index (χ1) is 14.1. The predicted molar refractivity (Wildman–Crippen MR) is 113 cm³/mol. The quantitative estimate of drug-likeness (QED) is 0.701. The van der Waals surface area contributed by atoms with Gasteiger partial charge in [-0.2, -0.15) is 0 Å². The molecule has 6 heteroatoms. The van der Waals surface area contributed by atoms with E-state index in [1.54, 1.807) is 18.2 Å². The fourth-order valence-electron chi connectivity index (χ4n) is 3.96. The van der Waals surface area contributed by atoms with Gasteiger partial charge in [0, 0.05) is 36.7 Å². The molecule has 0 bridgehead atoms. The van der Waals surface area contributed by atoms with Crippen LogP contribution in [-0.2, 0) is 6.42 Å². The molecule has 2 amide bonds. The second-order valence-corrected chi connectivity index (χ2v) is 7.77. The Bertz CT molecular complexity index is 1030. The highest BCUT2D eigenvalue weighted by atomic mass is 16.2. The number of nitrogens with zero attached hydrogens (tertiary/aromatic N) is 2. The number of hydrogen-bond donors (Lipinski definition) is 2. The number of piperidine rings is 1. The van der Waals surface area contributed by atoms with Gasteiger partial charge in [0.25, 0.3) is 11.8 Å². The van der Waals surface area contributed by atoms with E-state index >= 15 is 0 Å². The zero-order valence-electron chi connectivity index (χ0n) is 16.6. The highest BCUT2D eigenvalue weighted by Gasteiger charge is 2.23. The van der Waals surface area contributed by atoms with E-state index in [2.05, 4.69) is 28.3 Å². The molecule has 150 valence electrons. The number of hydrogen-bond acceptors (Lipinski definition) is 3. The molecule has 3 heterocycles. The maximum absolute atomic E-state index is 12.7. The largest absolute Gasteiger partial charge is 0.361 e. The Morgan fingerprint density at radius 1 is 1.17 bits per heavy atom. The van der Waals surface area contributed by atoms with E-state index in [4.69, 9.17) is 0 Å². The summed E-state index contributed by atoms with van der Waals surface area (Å²) in [5, 5.41) is 4.08. The topological polar surface area (TPSA) is 78.1 Å². The van der Waals surface area contributed by atoms with Crippen LogP contribution >= 0.6 is 0 Å². The molecule has 2 aromatic heterocycles. The summed E-state index contributed by atoms with van der Waals surface area (Å²) in [7, 11) is 0. The number of benzene rings is 1. The molecule has 29 heavy (non-hydrogen) atoms. The van der Waals surface area contributed by atoms with Gasteiger partial charge in [-0.05, 0) is 48.9 Å². The van der Waals surface area contributed by atoms with Crippen LogP contribution in [0.2, 0.25) is 0 Å². The second-order valence-electron chi connectivity index (χ2n) is 7.77. The summed E-state index contributed by atoms with van der Waals surface area (Å²) in [4.78, 5) is 34.7. The average Bonchev–Trinajstić information content (AvgIpc) is 3.16. The molecule has 0 radical (unpaired) electrons. The van der Waals surface area contributed by atoms with Gasteiger partial charge in [-0.1, -0.05) is 31.2 Å². The van der Waals surface area contributed by atoms with E-state index in [0.29, 0.717) is 18.2 Å². The molecular formula is C23H26N4O2. The molecule has 0 aliphatic carbocycles. The van der Waals surface area contributed by atoms with Crippen molar-refractivity contribution in [3.8, 4) is 0 Å². The number of para-hydroxylation sites is 1. The zero-order valence-corrected chi connectivity index (χ0v) is 16.6. The van der Waals surface area contributed by atoms with Crippen LogP contribution in [0.1, 0.15) is 46.3 Å². The number of carbonyl (C=O) groups is 2. The first-order valence-electron chi connectivity index (χ1n) is 10.2. The van der Waals surface area contributed by atoms with E-state index in [1.807, 2.05) is 29.3 Å². The minimum absolute atomic E-state index is 0.0926. The van der Waals surface area contributed by atoms with Crippen LogP contribution in [0.15, 0.2) is 48.7 Å². The SMILES string of the molecule is CC1CCCN(C(=O)c2cccc(C(=O)NCCc3c[nH]c4ccccc34)n2)C1. The maximum atomic E-state index is 12.7. The number of aromatic amines is 1. The van der Waals surface area contributed by atoms with E-state index < -0.39 is 0 Å². The third kappa shape index (κ3) is 4.31. The summed E-state index contributed by atoms with van der Waals surface area (Å²) in [5.74, 6) is 0.153. The number of likely N-dealkylation sites (tertiary alicyclic amines) is 1. The molecule has 3 aromatic rings. The molecule has 1 fully saturated rings. The van der Waals surface area contributed by atoms with Crippen molar-refractivity contribution in [2.45, 2.75) is 26.2 Å². The lowest BCUT2D eigenvalue weighted by Gasteiger charge is -2.30. The summed E-state index contributed by atoms with van der Waals surface area (Å²) in [5.41, 5.74) is 2.87. The smallest absolute Gasteiger partial charge is 0.272 e. The van der Waals surface area contributed by atoms with Gasteiger partial charge < -0.3 is 15.2 Å². The highest BCUT2D eigenvalue weighted by molar-refractivity contribution is 5.96. The third-order valence-electron chi connectivity index (χ3n) is 5.50. The third-order valence-corrected chi connectivity index (χ3v) is 5.50. The molecule has 0 spiro atoms. The lowest BCUT2D eigenvalue weighted by Crippen LogP contribution is -2.39. The van der Waals surface area contributed by atoms with E-state index in [9.17, 15) is 9.59 Å². The number of amides is 2. The van der Waals surface area contributed by atoms with Crippen molar-refractivity contribution in [1.82, 2.24) is 20.2 Å². The van der Waals surface area contributed by atoms with Crippen LogP contribution < -0.4 is 5.32 Å². The molecule has 1 aliphatic heterocycles. The number of pyridine rings is 1. The molecule has 4 rings (SSSR count). The Balaban J connectivity index is 1.37. The van der Waals surface area contributed by atoms with Crippen LogP contribution in [0.5, 0.6) is 0 Å². The van der Waals surface area contributed by atoms with Crippen LogP contribution in [0.25, 0.3) is 10.9 Å². The minimum Gasteiger partial charge on any atom is -0.361 e. The molecular weight excluding hydrogens is 364 g/mol. The number of H-pyrrole nitrogens is 1. The molecule has 1 aromatic carbocycles. The fourth-order valence-corrected chi connectivity index (χ4v) is 3.96. The number of nitrogens with one attached hydrogen (secondary N) is 2. The van der Waals surface area contributed by atoms with Crippen LogP contribution in [0.4, 0.5) is 0 Å². The summed E-state index contributed by atoms with van der Waals surface area (Å²) >= 11 is 0. The van der Waals surface area contributed by atoms with E-state index in [1.165, 1.54) is 5.39 Å².